The van der Waals surface area contributed by atoms with Crippen LogP contribution in [0, 0.1) is 27.7 Å². The van der Waals surface area contributed by atoms with Crippen molar-refractivity contribution in [1.82, 2.24) is 0 Å². The molecule has 0 heterocycles. The highest BCUT2D eigenvalue weighted by Gasteiger charge is 2.27. The average molecular weight is 414 g/mol. The highest BCUT2D eigenvalue weighted by atomic mass is 32.2. The van der Waals surface area contributed by atoms with E-state index < -0.39 is 0 Å². The molecule has 150 valence electrons. The van der Waals surface area contributed by atoms with Gasteiger partial charge in [0.25, 0.3) is 0 Å². The fourth-order valence-corrected chi connectivity index (χ4v) is 6.67. The minimum absolute atomic E-state index is 0.114. The highest BCUT2D eigenvalue weighted by Crippen LogP contribution is 2.40. The topological polar surface area (TPSA) is 29.1 Å². The lowest BCUT2D eigenvalue weighted by molar-refractivity contribution is -0.113. The molecule has 2 atom stereocenters. The second kappa shape index (κ2) is 9.89. The van der Waals surface area contributed by atoms with Gasteiger partial charge in [0.1, 0.15) is 0 Å². The number of rotatable bonds is 6. The van der Waals surface area contributed by atoms with Crippen LogP contribution in [0.4, 0.5) is 5.69 Å². The second-order valence-corrected chi connectivity index (χ2v) is 10.4. The molecule has 1 saturated carbocycles. The largest absolute Gasteiger partial charge is 0.325 e. The Morgan fingerprint density at radius 3 is 2.32 bits per heavy atom. The number of carbonyl (C=O) groups is 1. The summed E-state index contributed by atoms with van der Waals surface area (Å²) in [6.07, 6.45) is 5.03. The second-order valence-electron chi connectivity index (χ2n) is 7.87. The van der Waals surface area contributed by atoms with Crippen LogP contribution in [0.15, 0.2) is 41.3 Å². The van der Waals surface area contributed by atoms with Crippen LogP contribution in [0.2, 0.25) is 0 Å². The van der Waals surface area contributed by atoms with Gasteiger partial charge in [-0.25, -0.2) is 0 Å². The predicted octanol–water partition coefficient (Wildman–Crippen LogP) is 6.70. The van der Waals surface area contributed by atoms with Gasteiger partial charge in [0.2, 0.25) is 5.91 Å². The number of para-hydroxylation sites is 1. The molecular weight excluding hydrogens is 382 g/mol. The number of aryl methyl sites for hydroxylation is 4. The van der Waals surface area contributed by atoms with Crippen molar-refractivity contribution in [2.45, 2.75) is 68.8 Å². The summed E-state index contributed by atoms with van der Waals surface area (Å²) in [5, 5.41) is 4.27. The number of carbonyl (C=O) groups excluding carboxylic acids is 1. The van der Waals surface area contributed by atoms with Crippen LogP contribution in [0.1, 0.15) is 47.9 Å². The first kappa shape index (κ1) is 21.3. The summed E-state index contributed by atoms with van der Waals surface area (Å²) in [4.78, 5) is 14.0. The number of hydrogen-bond donors (Lipinski definition) is 1. The van der Waals surface area contributed by atoms with Crippen LogP contribution in [0.25, 0.3) is 0 Å². The zero-order valence-electron chi connectivity index (χ0n) is 17.4. The van der Waals surface area contributed by atoms with E-state index in [4.69, 9.17) is 0 Å². The lowest BCUT2D eigenvalue weighted by atomic mass is 10.00. The summed E-state index contributed by atoms with van der Waals surface area (Å²) >= 11 is 3.86. The molecule has 0 bridgehead atoms. The molecule has 0 aromatic heterocycles. The van der Waals surface area contributed by atoms with Crippen LogP contribution in [0.5, 0.6) is 0 Å². The van der Waals surface area contributed by atoms with Crippen LogP contribution in [0.3, 0.4) is 0 Å². The van der Waals surface area contributed by atoms with Gasteiger partial charge in [0, 0.05) is 21.1 Å². The Morgan fingerprint density at radius 2 is 1.64 bits per heavy atom. The Kier molecular flexibility index (Phi) is 7.53. The maximum atomic E-state index is 12.6. The van der Waals surface area contributed by atoms with Gasteiger partial charge in [0.05, 0.1) is 5.75 Å². The number of amides is 1. The van der Waals surface area contributed by atoms with Gasteiger partial charge in [-0.3, -0.25) is 4.79 Å². The Bertz CT molecular complexity index is 813. The summed E-state index contributed by atoms with van der Waals surface area (Å²) < 4.78 is 0. The molecule has 28 heavy (non-hydrogen) atoms. The number of nitrogens with one attached hydrogen (secondary N) is 1. The Balaban J connectivity index is 1.59. The summed E-state index contributed by atoms with van der Waals surface area (Å²) in [5.74, 6) is 0.644. The first-order valence-electron chi connectivity index (χ1n) is 10.2. The van der Waals surface area contributed by atoms with E-state index in [1.165, 1.54) is 41.7 Å². The zero-order valence-corrected chi connectivity index (χ0v) is 19.0. The molecule has 1 aliphatic rings. The quantitative estimate of drug-likeness (QED) is 0.571. The molecule has 1 amide bonds. The van der Waals surface area contributed by atoms with Gasteiger partial charge in [-0.2, -0.15) is 0 Å². The van der Waals surface area contributed by atoms with E-state index in [9.17, 15) is 4.79 Å². The molecule has 2 aromatic carbocycles. The molecular formula is C24H31NOS2. The monoisotopic (exact) mass is 413 g/mol. The average Bonchev–Trinajstić information content (AvgIpc) is 2.66. The fraction of sp³-hybridized carbons (Fsp3) is 0.458. The van der Waals surface area contributed by atoms with Crippen molar-refractivity contribution in [1.29, 1.82) is 0 Å². The smallest absolute Gasteiger partial charge is 0.234 e. The van der Waals surface area contributed by atoms with Crippen molar-refractivity contribution < 1.29 is 4.79 Å². The Labute approximate surface area is 178 Å². The third kappa shape index (κ3) is 5.57. The molecule has 4 heteroatoms. The molecule has 3 rings (SSSR count). The van der Waals surface area contributed by atoms with Crippen molar-refractivity contribution in [2.24, 2.45) is 0 Å². The van der Waals surface area contributed by atoms with E-state index in [2.05, 4.69) is 37.4 Å². The van der Waals surface area contributed by atoms with Crippen molar-refractivity contribution in [3.63, 3.8) is 0 Å². The standard InChI is InChI=1S/C24H31NOS2/c1-16-12-13-20(19(4)14-16)28-22-11-6-5-10-21(22)27-15-23(26)25-24-17(2)8-7-9-18(24)3/h7-9,12-14,21-22H,5-6,10-11,15H2,1-4H3,(H,25,26). The van der Waals surface area contributed by atoms with Gasteiger partial charge in [0.15, 0.2) is 0 Å². The van der Waals surface area contributed by atoms with E-state index >= 15 is 0 Å². The van der Waals surface area contributed by atoms with Gasteiger partial charge >= 0.3 is 0 Å². The van der Waals surface area contributed by atoms with Crippen LogP contribution in [-0.2, 0) is 4.79 Å². The Morgan fingerprint density at radius 1 is 0.964 bits per heavy atom. The molecule has 0 saturated heterocycles. The lowest BCUT2D eigenvalue weighted by Crippen LogP contribution is -2.27. The van der Waals surface area contributed by atoms with Crippen molar-refractivity contribution in [3.05, 3.63) is 58.7 Å². The molecule has 0 spiro atoms. The zero-order chi connectivity index (χ0) is 20.1. The molecule has 2 nitrogen and oxygen atoms in total. The SMILES string of the molecule is Cc1ccc(SC2CCCCC2SCC(=O)Nc2c(C)cccc2C)c(C)c1. The van der Waals surface area contributed by atoms with Crippen molar-refractivity contribution >= 4 is 35.1 Å². The first-order chi connectivity index (χ1) is 13.4. The fourth-order valence-electron chi connectivity index (χ4n) is 3.85. The van der Waals surface area contributed by atoms with Crippen molar-refractivity contribution in [3.8, 4) is 0 Å². The maximum Gasteiger partial charge on any atom is 0.234 e. The number of thioether (sulfide) groups is 2. The van der Waals surface area contributed by atoms with Crippen LogP contribution >= 0.6 is 23.5 Å². The van der Waals surface area contributed by atoms with Gasteiger partial charge < -0.3 is 5.32 Å². The van der Waals surface area contributed by atoms with E-state index in [1.807, 2.05) is 55.6 Å². The van der Waals surface area contributed by atoms with Crippen LogP contribution in [-0.4, -0.2) is 22.2 Å². The van der Waals surface area contributed by atoms with Crippen molar-refractivity contribution in [2.75, 3.05) is 11.1 Å². The van der Waals surface area contributed by atoms with Gasteiger partial charge in [-0.1, -0.05) is 48.7 Å². The van der Waals surface area contributed by atoms with E-state index in [0.717, 1.165) is 16.8 Å². The molecule has 1 N–H and O–H groups in total. The third-order valence-corrected chi connectivity index (χ3v) is 8.60. The number of anilines is 1. The van der Waals surface area contributed by atoms with E-state index in [-0.39, 0.29) is 5.91 Å². The normalized spacial score (nSPS) is 19.4. The summed E-state index contributed by atoms with van der Waals surface area (Å²) in [6, 6.07) is 12.9. The summed E-state index contributed by atoms with van der Waals surface area (Å²) in [7, 11) is 0. The summed E-state index contributed by atoms with van der Waals surface area (Å²) in [6.45, 7) is 8.45. The highest BCUT2D eigenvalue weighted by molar-refractivity contribution is 8.04. The molecule has 0 aliphatic heterocycles. The van der Waals surface area contributed by atoms with Gasteiger partial charge in [-0.05, 0) is 63.3 Å². The molecule has 1 aliphatic carbocycles. The molecule has 0 radical (unpaired) electrons. The maximum absolute atomic E-state index is 12.6. The minimum Gasteiger partial charge on any atom is -0.325 e. The van der Waals surface area contributed by atoms with E-state index in [0.29, 0.717) is 16.3 Å². The van der Waals surface area contributed by atoms with Gasteiger partial charge in [-0.15, -0.1) is 23.5 Å². The van der Waals surface area contributed by atoms with E-state index in [1.54, 1.807) is 0 Å². The first-order valence-corrected chi connectivity index (χ1v) is 12.1. The molecule has 2 aromatic rings. The molecule has 2 unspecified atom stereocenters. The number of benzene rings is 2. The third-order valence-electron chi connectivity index (χ3n) is 5.42. The summed E-state index contributed by atoms with van der Waals surface area (Å²) in [5.41, 5.74) is 5.91. The van der Waals surface area contributed by atoms with Crippen LogP contribution < -0.4 is 5.32 Å². The number of hydrogen-bond acceptors (Lipinski definition) is 3. The minimum atomic E-state index is 0.114. The molecule has 1 fully saturated rings. The Hall–Kier alpha value is -1.39. The lowest BCUT2D eigenvalue weighted by Gasteiger charge is -2.31. The predicted molar refractivity (Wildman–Crippen MR) is 125 cm³/mol.